The Morgan fingerprint density at radius 3 is 2.91 bits per heavy atom. The van der Waals surface area contributed by atoms with Crippen molar-refractivity contribution in [2.24, 2.45) is 0 Å². The van der Waals surface area contributed by atoms with Crippen LogP contribution in [0.5, 0.6) is 0 Å². The number of anilines is 1. The minimum absolute atomic E-state index is 0.167. The molecule has 0 amide bonds. The Morgan fingerprint density at radius 1 is 1.18 bits per heavy atom. The zero-order valence-corrected chi connectivity index (χ0v) is 13.5. The first-order chi connectivity index (χ1) is 10.7. The van der Waals surface area contributed by atoms with Crippen molar-refractivity contribution in [2.75, 3.05) is 24.5 Å². The fraction of sp³-hybridized carbons (Fsp3) is 0.684. The van der Waals surface area contributed by atoms with E-state index in [2.05, 4.69) is 41.0 Å². The van der Waals surface area contributed by atoms with Crippen LogP contribution < -0.4 is 4.90 Å². The highest BCUT2D eigenvalue weighted by Gasteiger charge is 2.67. The van der Waals surface area contributed by atoms with Gasteiger partial charge in [-0.3, -0.25) is 4.90 Å². The Kier molecular flexibility index (Phi) is 2.60. The van der Waals surface area contributed by atoms with Crippen LogP contribution >= 0.6 is 0 Å². The Morgan fingerprint density at radius 2 is 2.05 bits per heavy atom. The van der Waals surface area contributed by atoms with E-state index in [0.29, 0.717) is 12.1 Å². The Bertz CT molecular complexity index is 617. The molecule has 118 valence electrons. The van der Waals surface area contributed by atoms with Gasteiger partial charge in [0.25, 0.3) is 0 Å². The molecule has 1 spiro atoms. The van der Waals surface area contributed by atoms with E-state index in [1.54, 1.807) is 0 Å². The summed E-state index contributed by atoms with van der Waals surface area (Å²) in [5.41, 5.74) is 2.67. The van der Waals surface area contributed by atoms with E-state index in [-0.39, 0.29) is 5.41 Å². The number of benzene rings is 1. The second-order valence-electron chi connectivity index (χ2n) is 7.79. The van der Waals surface area contributed by atoms with Crippen LogP contribution in [0.3, 0.4) is 0 Å². The van der Waals surface area contributed by atoms with Gasteiger partial charge < -0.3 is 10.0 Å². The maximum absolute atomic E-state index is 11.4. The van der Waals surface area contributed by atoms with E-state index in [4.69, 9.17) is 0 Å². The molecule has 4 atom stereocenters. The van der Waals surface area contributed by atoms with Crippen LogP contribution in [0.15, 0.2) is 24.3 Å². The number of likely N-dealkylation sites (N-methyl/N-ethyl adjacent to an activating group) is 1. The molecule has 3 fully saturated rings. The predicted molar refractivity (Wildman–Crippen MR) is 88.3 cm³/mol. The lowest BCUT2D eigenvalue weighted by atomic mass is 9.58. The summed E-state index contributed by atoms with van der Waals surface area (Å²) in [5.74, 6) is 0. The Labute approximate surface area is 132 Å². The van der Waals surface area contributed by atoms with Crippen LogP contribution in [0.1, 0.15) is 44.6 Å². The van der Waals surface area contributed by atoms with Crippen LogP contribution in [0.2, 0.25) is 0 Å². The number of piperidine rings is 1. The molecule has 1 aromatic carbocycles. The number of para-hydroxylation sites is 1. The van der Waals surface area contributed by atoms with Crippen LogP contribution in [0, 0.1) is 0 Å². The van der Waals surface area contributed by atoms with E-state index in [9.17, 15) is 5.11 Å². The number of fused-ring (bicyclic) bond motifs is 1. The number of hydrogen-bond acceptors (Lipinski definition) is 3. The van der Waals surface area contributed by atoms with Crippen molar-refractivity contribution in [3.05, 3.63) is 29.8 Å². The summed E-state index contributed by atoms with van der Waals surface area (Å²) in [4.78, 5) is 5.25. The molecular formula is C19H26N2O. The molecule has 2 saturated heterocycles. The molecule has 3 heterocycles. The van der Waals surface area contributed by atoms with Gasteiger partial charge in [-0.25, -0.2) is 0 Å². The quantitative estimate of drug-likeness (QED) is 0.863. The molecule has 1 saturated carbocycles. The van der Waals surface area contributed by atoms with Gasteiger partial charge in [0.2, 0.25) is 0 Å². The standard InChI is InChI=1S/C19H26N2O/c1-2-21-15-7-4-3-6-14(15)19-11-13-20-12-5-9-18(22,17(19)20)10-8-16(19)21/h3-4,6-7,16-17,22H,2,5,8-13H2,1H3/t16-,17-,18+,19-/m1/s1. The van der Waals surface area contributed by atoms with Crippen LogP contribution in [-0.2, 0) is 5.41 Å². The lowest BCUT2D eigenvalue weighted by Crippen LogP contribution is -2.68. The van der Waals surface area contributed by atoms with Crippen LogP contribution in [0.25, 0.3) is 0 Å². The maximum atomic E-state index is 11.4. The first kappa shape index (κ1) is 13.4. The van der Waals surface area contributed by atoms with Crippen molar-refractivity contribution < 1.29 is 5.11 Å². The molecular weight excluding hydrogens is 272 g/mol. The highest BCUT2D eigenvalue weighted by Crippen LogP contribution is 2.61. The second kappa shape index (κ2) is 4.27. The number of nitrogens with zero attached hydrogens (tertiary/aromatic N) is 2. The third-order valence-corrected chi connectivity index (χ3v) is 7.11. The van der Waals surface area contributed by atoms with Crippen molar-refractivity contribution in [3.63, 3.8) is 0 Å². The summed E-state index contributed by atoms with van der Waals surface area (Å²) in [6, 6.07) is 9.95. The molecule has 3 aliphatic heterocycles. The third-order valence-electron chi connectivity index (χ3n) is 7.11. The minimum Gasteiger partial charge on any atom is -0.388 e. The average molecular weight is 298 g/mol. The van der Waals surface area contributed by atoms with E-state index >= 15 is 0 Å². The second-order valence-corrected chi connectivity index (χ2v) is 7.79. The molecule has 3 heteroatoms. The highest BCUT2D eigenvalue weighted by molar-refractivity contribution is 5.66. The van der Waals surface area contributed by atoms with E-state index < -0.39 is 5.60 Å². The van der Waals surface area contributed by atoms with E-state index in [1.807, 2.05) is 0 Å². The molecule has 1 aliphatic carbocycles. The van der Waals surface area contributed by atoms with E-state index in [0.717, 1.165) is 38.8 Å². The zero-order valence-electron chi connectivity index (χ0n) is 13.5. The van der Waals surface area contributed by atoms with Gasteiger partial charge in [0, 0.05) is 23.7 Å². The van der Waals surface area contributed by atoms with Gasteiger partial charge >= 0.3 is 0 Å². The normalized spacial score (nSPS) is 42.9. The Hall–Kier alpha value is -1.06. The molecule has 5 rings (SSSR count). The number of hydrogen-bond donors (Lipinski definition) is 1. The van der Waals surface area contributed by atoms with Crippen molar-refractivity contribution in [1.29, 1.82) is 0 Å². The first-order valence-electron chi connectivity index (χ1n) is 9.03. The molecule has 1 aromatic rings. The van der Waals surface area contributed by atoms with E-state index in [1.165, 1.54) is 24.2 Å². The topological polar surface area (TPSA) is 26.7 Å². The Balaban J connectivity index is 1.74. The summed E-state index contributed by atoms with van der Waals surface area (Å²) < 4.78 is 0. The van der Waals surface area contributed by atoms with Crippen molar-refractivity contribution >= 4 is 5.69 Å². The van der Waals surface area contributed by atoms with Crippen molar-refractivity contribution in [1.82, 2.24) is 4.90 Å². The predicted octanol–water partition coefficient (Wildman–Crippen LogP) is 2.53. The molecule has 22 heavy (non-hydrogen) atoms. The van der Waals surface area contributed by atoms with Gasteiger partial charge in [-0.05, 0) is 63.7 Å². The molecule has 3 nitrogen and oxygen atoms in total. The average Bonchev–Trinajstić information content (AvgIpc) is 3.06. The van der Waals surface area contributed by atoms with Gasteiger partial charge in [-0.15, -0.1) is 0 Å². The maximum Gasteiger partial charge on any atom is 0.0813 e. The molecule has 0 aromatic heterocycles. The molecule has 0 bridgehead atoms. The summed E-state index contributed by atoms with van der Waals surface area (Å²) in [6.45, 7) is 5.70. The summed E-state index contributed by atoms with van der Waals surface area (Å²) in [6.07, 6.45) is 5.50. The van der Waals surface area contributed by atoms with Gasteiger partial charge in [0.15, 0.2) is 0 Å². The highest BCUT2D eigenvalue weighted by atomic mass is 16.3. The zero-order chi connectivity index (χ0) is 14.9. The minimum atomic E-state index is -0.456. The summed E-state index contributed by atoms with van der Waals surface area (Å²) in [5, 5.41) is 11.4. The fourth-order valence-electron chi connectivity index (χ4n) is 6.53. The molecule has 0 radical (unpaired) electrons. The van der Waals surface area contributed by atoms with Crippen LogP contribution in [-0.4, -0.2) is 47.3 Å². The monoisotopic (exact) mass is 298 g/mol. The number of aliphatic hydroxyl groups is 1. The fourth-order valence-corrected chi connectivity index (χ4v) is 6.53. The SMILES string of the molecule is CCN1c2ccccc2[C@]23CCN4CCC[C@](O)(CC[C@@H]12)[C@@H]43. The molecule has 1 N–H and O–H groups in total. The van der Waals surface area contributed by atoms with Gasteiger partial charge in [-0.2, -0.15) is 0 Å². The molecule has 0 unspecified atom stereocenters. The van der Waals surface area contributed by atoms with Gasteiger partial charge in [0.05, 0.1) is 11.6 Å². The first-order valence-corrected chi connectivity index (χ1v) is 9.03. The number of rotatable bonds is 1. The summed E-state index contributed by atoms with van der Waals surface area (Å²) in [7, 11) is 0. The van der Waals surface area contributed by atoms with Gasteiger partial charge in [0.1, 0.15) is 0 Å². The largest absolute Gasteiger partial charge is 0.388 e. The third kappa shape index (κ3) is 1.36. The van der Waals surface area contributed by atoms with Crippen molar-refractivity contribution in [2.45, 2.75) is 62.1 Å². The van der Waals surface area contributed by atoms with Crippen molar-refractivity contribution in [3.8, 4) is 0 Å². The lowest BCUT2D eigenvalue weighted by molar-refractivity contribution is -0.113. The summed E-state index contributed by atoms with van der Waals surface area (Å²) >= 11 is 0. The van der Waals surface area contributed by atoms with Crippen LogP contribution in [0.4, 0.5) is 5.69 Å². The lowest BCUT2D eigenvalue weighted by Gasteiger charge is -2.56. The molecule has 4 aliphatic rings. The smallest absolute Gasteiger partial charge is 0.0813 e. The van der Waals surface area contributed by atoms with Gasteiger partial charge in [-0.1, -0.05) is 18.2 Å².